The second-order valence-corrected chi connectivity index (χ2v) is 18.2. The zero-order valence-electron chi connectivity index (χ0n) is 34.5. The number of hydrogen-bond acceptors (Lipinski definition) is 12. The van der Waals surface area contributed by atoms with Crippen molar-refractivity contribution in [1.29, 1.82) is 0 Å². The monoisotopic (exact) mass is 836 g/mol. The number of urea groups is 1. The Morgan fingerprint density at radius 2 is 1.86 bits per heavy atom. The maximum absolute atomic E-state index is 14.7. The molecule has 4 amide bonds. The maximum atomic E-state index is 14.7. The van der Waals surface area contributed by atoms with Crippen LogP contribution in [0.2, 0.25) is 0 Å². The molecule has 3 N–H and O–H groups in total. The number of hydrogen-bond donors (Lipinski definition) is 3. The number of ether oxygens (including phenoxy) is 3. The van der Waals surface area contributed by atoms with Crippen molar-refractivity contribution in [2.75, 3.05) is 40.6 Å². The number of aromatic nitrogens is 1. The minimum absolute atomic E-state index is 0. The van der Waals surface area contributed by atoms with Crippen LogP contribution in [0.1, 0.15) is 76.2 Å². The van der Waals surface area contributed by atoms with Gasteiger partial charge in [-0.3, -0.25) is 9.59 Å². The number of esters is 1. The van der Waals surface area contributed by atoms with Gasteiger partial charge in [-0.25, -0.2) is 27.3 Å². The van der Waals surface area contributed by atoms with Crippen LogP contribution in [0.5, 0.6) is 11.5 Å². The van der Waals surface area contributed by atoms with E-state index in [0.717, 1.165) is 23.4 Å². The number of allylic oxidation sites excluding steroid dienone is 1. The molecule has 0 spiro atoms. The van der Waals surface area contributed by atoms with Gasteiger partial charge in [0, 0.05) is 49.5 Å². The summed E-state index contributed by atoms with van der Waals surface area (Å²) in [5.41, 5.74) is -2.04. The number of likely N-dealkylation sites (N-methyl/N-ethyl adjacent to an activating group) is 1. The summed E-state index contributed by atoms with van der Waals surface area (Å²) in [7, 11) is 0.558. The molecular weight excluding hydrogens is 784 g/mol. The number of benzene rings is 1. The Balaban J connectivity index is 0.00000744. The summed E-state index contributed by atoms with van der Waals surface area (Å²) >= 11 is 0. The maximum Gasteiger partial charge on any atom is 1.00 e. The van der Waals surface area contributed by atoms with Crippen LogP contribution in [-0.2, 0) is 29.1 Å². The topological polar surface area (TPSA) is 226 Å². The van der Waals surface area contributed by atoms with E-state index in [-0.39, 0.29) is 72.7 Å². The number of pyridine rings is 1. The molecule has 1 aliphatic carbocycles. The predicted molar refractivity (Wildman–Crippen MR) is 207 cm³/mol. The van der Waals surface area contributed by atoms with Crippen LogP contribution in [0.3, 0.4) is 0 Å². The zero-order chi connectivity index (χ0) is 41.9. The summed E-state index contributed by atoms with van der Waals surface area (Å²) in [6.45, 7) is 5.42. The summed E-state index contributed by atoms with van der Waals surface area (Å²) in [5, 5.41) is 21.0. The number of carbonyl (C=O) groups excluding carboxylic acids is 5. The van der Waals surface area contributed by atoms with Crippen molar-refractivity contribution in [2.45, 2.75) is 95.5 Å². The first-order chi connectivity index (χ1) is 26.8. The Hall–Kier alpha value is -3.97. The van der Waals surface area contributed by atoms with Crippen molar-refractivity contribution in [3.05, 3.63) is 42.1 Å². The number of carbonyl (C=O) groups is 5. The Morgan fingerprint density at radius 1 is 1.14 bits per heavy atom. The van der Waals surface area contributed by atoms with Crippen molar-refractivity contribution < 1.29 is 81.3 Å². The van der Waals surface area contributed by atoms with E-state index in [1.54, 1.807) is 18.2 Å². The number of sulfonamides is 1. The van der Waals surface area contributed by atoms with E-state index in [0.29, 0.717) is 30.4 Å². The SMILES string of the molecule is COC(=O)[C@@]12CC1/C=C\CCCCC[C@H](NC(=O)N[C@H](CN(C)S(C)(=O)=O)C(C)(C)C)C(=O)N1C[C@H](Oc3cc(C(=O)[O-])nc4cc(OC)ccc34)C[C@H]1C(=O)N2.[Na+]. The van der Waals surface area contributed by atoms with Gasteiger partial charge in [-0.15, -0.1) is 0 Å². The van der Waals surface area contributed by atoms with Crippen molar-refractivity contribution >= 4 is 50.7 Å². The first kappa shape index (κ1) is 46.7. The van der Waals surface area contributed by atoms with E-state index in [4.69, 9.17) is 14.2 Å². The Kier molecular flexibility index (Phi) is 15.3. The average Bonchev–Trinajstić information content (AvgIpc) is 3.67. The molecule has 1 saturated heterocycles. The molecule has 1 unspecified atom stereocenters. The number of nitrogens with zero attached hydrogens (tertiary/aromatic N) is 3. The van der Waals surface area contributed by atoms with Crippen LogP contribution in [-0.4, -0.2) is 123 Å². The van der Waals surface area contributed by atoms with E-state index >= 15 is 0 Å². The van der Waals surface area contributed by atoms with E-state index in [1.807, 2.05) is 32.9 Å². The number of nitrogens with one attached hydrogen (secondary N) is 3. The minimum Gasteiger partial charge on any atom is -0.543 e. The summed E-state index contributed by atoms with van der Waals surface area (Å²) in [4.78, 5) is 73.2. The molecule has 19 heteroatoms. The second-order valence-electron chi connectivity index (χ2n) is 16.1. The van der Waals surface area contributed by atoms with Crippen LogP contribution >= 0.6 is 0 Å². The van der Waals surface area contributed by atoms with Crippen molar-refractivity contribution in [3.8, 4) is 11.5 Å². The second kappa shape index (κ2) is 19.0. The van der Waals surface area contributed by atoms with E-state index < -0.39 is 80.7 Å². The minimum atomic E-state index is -3.56. The van der Waals surface area contributed by atoms with Crippen LogP contribution in [0, 0.1) is 11.3 Å². The summed E-state index contributed by atoms with van der Waals surface area (Å²) < 4.78 is 42.4. The first-order valence-electron chi connectivity index (χ1n) is 19.0. The molecule has 17 nitrogen and oxygen atoms in total. The van der Waals surface area contributed by atoms with Gasteiger partial charge in [-0.05, 0) is 43.2 Å². The normalized spacial score (nSPS) is 25.1. The molecule has 1 aromatic carbocycles. The number of rotatable bonds is 10. The smallest absolute Gasteiger partial charge is 0.543 e. The van der Waals surface area contributed by atoms with E-state index in [2.05, 4.69) is 20.9 Å². The van der Waals surface area contributed by atoms with Crippen LogP contribution in [0.25, 0.3) is 10.9 Å². The van der Waals surface area contributed by atoms with Gasteiger partial charge in [0.15, 0.2) is 0 Å². The zero-order valence-corrected chi connectivity index (χ0v) is 37.3. The predicted octanol–water partition coefficient (Wildman–Crippen LogP) is -1.50. The molecule has 5 rings (SSSR count). The van der Waals surface area contributed by atoms with Gasteiger partial charge in [0.2, 0.25) is 21.8 Å². The van der Waals surface area contributed by atoms with Crippen LogP contribution in [0.15, 0.2) is 36.4 Å². The number of methoxy groups -OCH3 is 2. The molecule has 2 fully saturated rings. The molecule has 2 aliphatic heterocycles. The van der Waals surface area contributed by atoms with E-state index in [1.165, 1.54) is 32.2 Å². The number of carboxylic acids is 1. The molecule has 58 heavy (non-hydrogen) atoms. The molecule has 3 aliphatic rings. The quantitative estimate of drug-likeness (QED) is 0.141. The number of fused-ring (bicyclic) bond motifs is 3. The largest absolute Gasteiger partial charge is 1.00 e. The third kappa shape index (κ3) is 11.0. The van der Waals surface area contributed by atoms with Gasteiger partial charge in [-0.2, -0.15) is 0 Å². The summed E-state index contributed by atoms with van der Waals surface area (Å²) in [6, 6.07) is 2.47. The van der Waals surface area contributed by atoms with E-state index in [9.17, 15) is 37.5 Å². The van der Waals surface area contributed by atoms with Gasteiger partial charge in [0.05, 0.1) is 44.2 Å². The van der Waals surface area contributed by atoms with Gasteiger partial charge in [0.1, 0.15) is 35.2 Å². The Morgan fingerprint density at radius 3 is 2.50 bits per heavy atom. The van der Waals surface area contributed by atoms with Crippen molar-refractivity contribution in [2.24, 2.45) is 11.3 Å². The molecule has 1 saturated carbocycles. The molecule has 2 aromatic rings. The van der Waals surface area contributed by atoms with Crippen molar-refractivity contribution in [3.63, 3.8) is 0 Å². The molecule has 0 bridgehead atoms. The standard InChI is InChI=1S/C39H54N6O11S.Na/c1-38(2,3)32(22-44(4)57(7,52)53)42-37(51)41-27-14-12-10-8-9-11-13-23-20-39(23,36(50)55-6)43-33(46)30-18-25(21-45(30)34(27)47)56-31-19-29(35(48)49)40-28-17-24(54-5)15-16-26(28)31;/h11,13,15-17,19,23,25,27,30,32H,8-10,12,14,18,20-22H2,1-7H3,(H,43,46)(H,48,49)(H2,41,42,51);/q;+1/p-1/b13-11-;/t23?,25-,27+,30+,32-,39-;/m1./s1. The number of amides is 4. The average molecular weight is 837 g/mol. The van der Waals surface area contributed by atoms with Gasteiger partial charge < -0.3 is 45.0 Å². The molecule has 312 valence electrons. The number of carboxylic acid groups (broad SMARTS) is 1. The molecular formula is C39H53N6NaO11S. The molecule has 3 heterocycles. The summed E-state index contributed by atoms with van der Waals surface area (Å²) in [6.07, 6.45) is 7.37. The van der Waals surface area contributed by atoms with Crippen LogP contribution < -0.4 is 60.1 Å². The van der Waals surface area contributed by atoms with Gasteiger partial charge >= 0.3 is 41.6 Å². The fraction of sp³-hybridized carbons (Fsp3) is 0.590. The van der Waals surface area contributed by atoms with Crippen LogP contribution in [0.4, 0.5) is 4.79 Å². The summed E-state index contributed by atoms with van der Waals surface area (Å²) in [5.74, 6) is -3.09. The molecule has 1 aromatic heterocycles. The van der Waals surface area contributed by atoms with Gasteiger partial charge in [-0.1, -0.05) is 45.8 Å². The Labute approximate surface area is 361 Å². The Bertz CT molecular complexity index is 2030. The first-order valence-corrected chi connectivity index (χ1v) is 20.8. The fourth-order valence-corrected chi connectivity index (χ4v) is 7.71. The molecule has 6 atom stereocenters. The van der Waals surface area contributed by atoms with Crippen molar-refractivity contribution in [1.82, 2.24) is 30.1 Å². The fourth-order valence-electron chi connectivity index (χ4n) is 7.29. The number of aromatic carboxylic acids is 1. The third-order valence-electron chi connectivity index (χ3n) is 10.9. The van der Waals surface area contributed by atoms with Gasteiger partial charge in [0.25, 0.3) is 0 Å². The molecule has 0 radical (unpaired) electrons. The third-order valence-corrected chi connectivity index (χ3v) is 12.2.